The van der Waals surface area contributed by atoms with E-state index in [1.807, 2.05) is 4.90 Å². The zero-order valence-electron chi connectivity index (χ0n) is 13.6. The van der Waals surface area contributed by atoms with E-state index in [1.54, 1.807) is 12.1 Å². The number of carboxylic acids is 1. The molecule has 1 aromatic rings. The number of halogens is 1. The van der Waals surface area contributed by atoms with Crippen LogP contribution in [-0.2, 0) is 16.0 Å². The lowest BCUT2D eigenvalue weighted by atomic mass is 9.85. The Kier molecular flexibility index (Phi) is 5.14. The minimum absolute atomic E-state index is 0.0722. The van der Waals surface area contributed by atoms with Crippen LogP contribution in [0, 0.1) is 11.7 Å². The van der Waals surface area contributed by atoms with Gasteiger partial charge in [0.1, 0.15) is 5.82 Å². The Morgan fingerprint density at radius 1 is 1.21 bits per heavy atom. The van der Waals surface area contributed by atoms with Gasteiger partial charge in [0.2, 0.25) is 5.91 Å². The lowest BCUT2D eigenvalue weighted by molar-refractivity contribution is -0.140. The predicted octanol–water partition coefficient (Wildman–Crippen LogP) is 1.81. The van der Waals surface area contributed by atoms with Crippen molar-refractivity contribution in [2.24, 2.45) is 5.92 Å². The van der Waals surface area contributed by atoms with Crippen molar-refractivity contribution in [1.82, 2.24) is 10.2 Å². The van der Waals surface area contributed by atoms with Gasteiger partial charge in [-0.25, -0.2) is 4.39 Å². The largest absolute Gasteiger partial charge is 0.480 e. The van der Waals surface area contributed by atoms with Crippen LogP contribution >= 0.6 is 0 Å². The number of hydrogen-bond acceptors (Lipinski definition) is 3. The summed E-state index contributed by atoms with van der Waals surface area (Å²) < 4.78 is 12.9. The second-order valence-corrected chi connectivity index (χ2v) is 6.96. The molecular weight excluding hydrogens is 311 g/mol. The molecule has 2 saturated carbocycles. The zero-order valence-corrected chi connectivity index (χ0v) is 13.6. The summed E-state index contributed by atoms with van der Waals surface area (Å²) in [5.41, 5.74) is 0.783. The van der Waals surface area contributed by atoms with Gasteiger partial charge < -0.3 is 10.4 Å². The minimum atomic E-state index is -0.792. The molecule has 5 nitrogen and oxygen atoms in total. The number of amides is 1. The SMILES string of the molecule is O=C(O)CN(CC1CC1)C1CC(NC(=O)Cc2ccc(F)cc2)C1. The second kappa shape index (κ2) is 7.30. The number of carbonyl (C=O) groups is 2. The summed E-state index contributed by atoms with van der Waals surface area (Å²) in [6.07, 6.45) is 4.23. The molecule has 3 rings (SSSR count). The predicted molar refractivity (Wildman–Crippen MR) is 87.0 cm³/mol. The second-order valence-electron chi connectivity index (χ2n) is 6.96. The molecule has 0 bridgehead atoms. The van der Waals surface area contributed by atoms with Crippen LogP contribution in [0.1, 0.15) is 31.2 Å². The molecule has 0 spiro atoms. The van der Waals surface area contributed by atoms with Crippen molar-refractivity contribution in [2.45, 2.75) is 44.2 Å². The summed E-state index contributed by atoms with van der Waals surface area (Å²) in [7, 11) is 0. The quantitative estimate of drug-likeness (QED) is 0.761. The smallest absolute Gasteiger partial charge is 0.317 e. The van der Waals surface area contributed by atoms with E-state index >= 15 is 0 Å². The molecule has 130 valence electrons. The van der Waals surface area contributed by atoms with Crippen LogP contribution in [0.3, 0.4) is 0 Å². The first-order chi connectivity index (χ1) is 11.5. The van der Waals surface area contributed by atoms with Crippen LogP contribution in [0.25, 0.3) is 0 Å². The van der Waals surface area contributed by atoms with Crippen molar-refractivity contribution < 1.29 is 19.1 Å². The van der Waals surface area contributed by atoms with Gasteiger partial charge in [0, 0.05) is 18.6 Å². The molecular formula is C18H23FN2O3. The summed E-state index contributed by atoms with van der Waals surface area (Å²) >= 11 is 0. The van der Waals surface area contributed by atoms with E-state index in [4.69, 9.17) is 5.11 Å². The van der Waals surface area contributed by atoms with Crippen molar-refractivity contribution in [2.75, 3.05) is 13.1 Å². The normalized spacial score (nSPS) is 22.9. The summed E-state index contributed by atoms with van der Waals surface area (Å²) in [6.45, 7) is 0.935. The van der Waals surface area contributed by atoms with Crippen LogP contribution in [0.4, 0.5) is 4.39 Å². The average molecular weight is 334 g/mol. The number of nitrogens with one attached hydrogen (secondary N) is 1. The summed E-state index contributed by atoms with van der Waals surface area (Å²) in [5.74, 6) is -0.525. The molecule has 2 aliphatic rings. The Morgan fingerprint density at radius 3 is 2.46 bits per heavy atom. The third kappa shape index (κ3) is 4.77. The summed E-state index contributed by atoms with van der Waals surface area (Å²) in [4.78, 5) is 25.1. The Hall–Kier alpha value is -1.95. The molecule has 0 atom stereocenters. The summed E-state index contributed by atoms with van der Waals surface area (Å²) in [5, 5.41) is 12.0. The number of carboxylic acid groups (broad SMARTS) is 1. The number of aliphatic carboxylic acids is 1. The highest BCUT2D eigenvalue weighted by Crippen LogP contribution is 2.33. The van der Waals surface area contributed by atoms with Gasteiger partial charge in [-0.3, -0.25) is 14.5 Å². The van der Waals surface area contributed by atoms with Gasteiger partial charge in [0.05, 0.1) is 13.0 Å². The van der Waals surface area contributed by atoms with Crippen LogP contribution in [0.2, 0.25) is 0 Å². The Labute approximate surface area is 140 Å². The van der Waals surface area contributed by atoms with E-state index in [2.05, 4.69) is 5.32 Å². The van der Waals surface area contributed by atoms with E-state index in [-0.39, 0.29) is 36.8 Å². The third-order valence-electron chi connectivity index (χ3n) is 4.80. The van der Waals surface area contributed by atoms with Crippen LogP contribution in [0.15, 0.2) is 24.3 Å². The highest BCUT2D eigenvalue weighted by Gasteiger charge is 2.37. The maximum absolute atomic E-state index is 12.9. The molecule has 0 saturated heterocycles. The molecule has 1 amide bonds. The van der Waals surface area contributed by atoms with Gasteiger partial charge >= 0.3 is 5.97 Å². The topological polar surface area (TPSA) is 69.6 Å². The van der Waals surface area contributed by atoms with Crippen molar-refractivity contribution >= 4 is 11.9 Å². The maximum atomic E-state index is 12.9. The summed E-state index contributed by atoms with van der Waals surface area (Å²) in [6, 6.07) is 6.29. The van der Waals surface area contributed by atoms with Gasteiger partial charge in [-0.1, -0.05) is 12.1 Å². The van der Waals surface area contributed by atoms with Crippen LogP contribution in [0.5, 0.6) is 0 Å². The number of rotatable bonds is 8. The van der Waals surface area contributed by atoms with Gasteiger partial charge in [0.15, 0.2) is 0 Å². The molecule has 0 heterocycles. The van der Waals surface area contributed by atoms with Crippen LogP contribution < -0.4 is 5.32 Å². The Morgan fingerprint density at radius 2 is 1.88 bits per heavy atom. The molecule has 2 N–H and O–H groups in total. The first-order valence-corrected chi connectivity index (χ1v) is 8.49. The third-order valence-corrected chi connectivity index (χ3v) is 4.80. The first-order valence-electron chi connectivity index (χ1n) is 8.49. The van der Waals surface area contributed by atoms with Crippen molar-refractivity contribution in [1.29, 1.82) is 0 Å². The zero-order chi connectivity index (χ0) is 17.1. The average Bonchev–Trinajstić information content (AvgIpc) is 3.28. The molecule has 0 aliphatic heterocycles. The van der Waals surface area contributed by atoms with E-state index in [9.17, 15) is 14.0 Å². The molecule has 24 heavy (non-hydrogen) atoms. The van der Waals surface area contributed by atoms with Gasteiger partial charge in [-0.05, 0) is 49.3 Å². The molecule has 6 heteroatoms. The lowest BCUT2D eigenvalue weighted by Gasteiger charge is -2.42. The lowest BCUT2D eigenvalue weighted by Crippen LogP contribution is -2.55. The van der Waals surface area contributed by atoms with Crippen molar-refractivity contribution in [3.05, 3.63) is 35.6 Å². The molecule has 1 aromatic carbocycles. The number of carbonyl (C=O) groups excluding carboxylic acids is 1. The fourth-order valence-electron chi connectivity index (χ4n) is 3.22. The molecule has 2 aliphatic carbocycles. The van der Waals surface area contributed by atoms with Gasteiger partial charge in [0.25, 0.3) is 0 Å². The number of hydrogen-bond donors (Lipinski definition) is 2. The van der Waals surface area contributed by atoms with Crippen molar-refractivity contribution in [3.8, 4) is 0 Å². The highest BCUT2D eigenvalue weighted by atomic mass is 19.1. The molecule has 2 fully saturated rings. The van der Waals surface area contributed by atoms with Crippen molar-refractivity contribution in [3.63, 3.8) is 0 Å². The minimum Gasteiger partial charge on any atom is -0.480 e. The Bertz CT molecular complexity index is 595. The first kappa shape index (κ1) is 16.9. The number of benzene rings is 1. The van der Waals surface area contributed by atoms with Gasteiger partial charge in [-0.15, -0.1) is 0 Å². The highest BCUT2D eigenvalue weighted by molar-refractivity contribution is 5.79. The van der Waals surface area contributed by atoms with E-state index in [0.29, 0.717) is 5.92 Å². The van der Waals surface area contributed by atoms with E-state index in [0.717, 1.165) is 24.9 Å². The fourth-order valence-corrected chi connectivity index (χ4v) is 3.22. The monoisotopic (exact) mass is 334 g/mol. The van der Waals surface area contributed by atoms with E-state index < -0.39 is 5.97 Å². The Balaban J connectivity index is 1.42. The molecule has 0 unspecified atom stereocenters. The molecule has 0 radical (unpaired) electrons. The number of nitrogens with zero attached hydrogens (tertiary/aromatic N) is 1. The standard InChI is InChI=1S/C18H23FN2O3/c19-14-5-3-12(4-6-14)7-17(22)20-15-8-16(9-15)21(11-18(23)24)10-13-1-2-13/h3-6,13,15-16H,1-2,7-11H2,(H,20,22)(H,23,24). The fraction of sp³-hybridized carbons (Fsp3) is 0.556. The maximum Gasteiger partial charge on any atom is 0.317 e. The van der Waals surface area contributed by atoms with E-state index in [1.165, 1.54) is 25.0 Å². The molecule has 0 aromatic heterocycles. The van der Waals surface area contributed by atoms with Crippen LogP contribution in [-0.4, -0.2) is 47.1 Å². The van der Waals surface area contributed by atoms with Gasteiger partial charge in [-0.2, -0.15) is 0 Å².